The molecule has 1 aliphatic heterocycles. The molecule has 4 rings (SSSR count). The number of nitrogens with one attached hydrogen (secondary N) is 5. The zero-order valence-electron chi connectivity index (χ0n) is 40.5. The van der Waals surface area contributed by atoms with Crippen molar-refractivity contribution in [1.82, 2.24) is 46.2 Å². The fourth-order valence-electron chi connectivity index (χ4n) is 8.54. The van der Waals surface area contributed by atoms with Crippen molar-refractivity contribution < 1.29 is 67.6 Å². The molecule has 23 nitrogen and oxygen atoms in total. The number of hydrogen-bond acceptors (Lipinski definition) is 16. The lowest BCUT2D eigenvalue weighted by Gasteiger charge is -2.33. The molecule has 2 fully saturated rings. The number of hydrogen-bond donors (Lipinski definition) is 7. The molecular formula is C48H71N9O14. The second-order valence-electron chi connectivity index (χ2n) is 18.0. The first-order chi connectivity index (χ1) is 34.3. The minimum atomic E-state index is -0.993. The Morgan fingerprint density at radius 2 is 1.28 bits per heavy atom. The second-order valence-corrected chi connectivity index (χ2v) is 18.0. The van der Waals surface area contributed by atoms with Crippen molar-refractivity contribution in [2.75, 3.05) is 92.0 Å². The molecule has 0 radical (unpaired) electrons. The standard InChI is InChI=1S/C48H71N9O14/c1-35(9-16-43(62)63)51-48(68)52-42(71-34-60)8-4-5-17-49-47(67)45(40-15-14-37-6-2-3-7-39(37)26-40)53-46(66)38-12-10-36(11-13-38)27-50-41(61)28-54-18-19-55(29-44(64)65)21-23-57(31-70-33-59)25-24-56(22-20-54)30-69-32-58/h2-3,6-7,14-15,26,32-36,38,42,45H,4-5,8-13,16-25,27-31H2,1H3,(H,49,67)(H,50,61)(H,53,66)(H,62,63)(H,64,65)(H2,51,52,68)/t35-,36?,38?,42-,45+/m1/s1. The number of amides is 5. The van der Waals surface area contributed by atoms with Crippen LogP contribution in [0, 0.1) is 11.8 Å². The van der Waals surface area contributed by atoms with Crippen molar-refractivity contribution in [3.8, 4) is 0 Å². The largest absolute Gasteiger partial charge is 0.481 e. The van der Waals surface area contributed by atoms with Gasteiger partial charge >= 0.3 is 18.0 Å². The zero-order valence-corrected chi connectivity index (χ0v) is 40.5. The number of carbonyl (C=O) groups is 9. The van der Waals surface area contributed by atoms with Gasteiger partial charge in [0.25, 0.3) is 19.4 Å². The SMILES string of the molecule is C[C@H](CCC(=O)O)NC(=O)N[C@@H](CCCCNC(=O)[C@@H](NC(=O)C1CCC(CNC(=O)CN2CCN(COC=O)CCN(COC=O)CCN(CC(=O)O)CC2)CC1)c1ccc2ccccc2c1)OC=O. The summed E-state index contributed by atoms with van der Waals surface area (Å²) < 4.78 is 15.0. The molecule has 7 N–H and O–H groups in total. The second kappa shape index (κ2) is 31.7. The Kier molecular flexibility index (Phi) is 25.5. The monoisotopic (exact) mass is 998 g/mol. The van der Waals surface area contributed by atoms with Gasteiger partial charge in [-0.3, -0.25) is 58.0 Å². The summed E-state index contributed by atoms with van der Waals surface area (Å²) in [7, 11) is 0. The van der Waals surface area contributed by atoms with Gasteiger partial charge in [0.15, 0.2) is 6.23 Å². The van der Waals surface area contributed by atoms with E-state index in [-0.39, 0.29) is 82.5 Å². The summed E-state index contributed by atoms with van der Waals surface area (Å²) in [6.07, 6.45) is 2.79. The van der Waals surface area contributed by atoms with E-state index in [0.717, 1.165) is 10.8 Å². The molecule has 1 aliphatic carbocycles. The van der Waals surface area contributed by atoms with Crippen molar-refractivity contribution in [3.05, 3.63) is 48.0 Å². The van der Waals surface area contributed by atoms with Gasteiger partial charge in [-0.25, -0.2) is 4.79 Å². The predicted octanol–water partition coefficient (Wildman–Crippen LogP) is 0.825. The number of urea groups is 1. The smallest absolute Gasteiger partial charge is 0.317 e. The van der Waals surface area contributed by atoms with Gasteiger partial charge in [0, 0.05) is 90.2 Å². The molecule has 2 aromatic carbocycles. The highest BCUT2D eigenvalue weighted by atomic mass is 16.5. The first-order valence-corrected chi connectivity index (χ1v) is 24.2. The van der Waals surface area contributed by atoms with Crippen LogP contribution >= 0.6 is 0 Å². The number of ether oxygens (including phenoxy) is 3. The van der Waals surface area contributed by atoms with E-state index in [1.807, 2.05) is 57.2 Å². The highest BCUT2D eigenvalue weighted by Gasteiger charge is 2.31. The number of unbranched alkanes of at least 4 members (excludes halogenated alkanes) is 1. The van der Waals surface area contributed by atoms with Crippen LogP contribution in [0.15, 0.2) is 42.5 Å². The molecule has 0 bridgehead atoms. The maximum atomic E-state index is 13.9. The van der Waals surface area contributed by atoms with Crippen LogP contribution in [0.5, 0.6) is 0 Å². The van der Waals surface area contributed by atoms with Crippen molar-refractivity contribution in [2.24, 2.45) is 11.8 Å². The highest BCUT2D eigenvalue weighted by Crippen LogP contribution is 2.30. The molecule has 392 valence electrons. The van der Waals surface area contributed by atoms with Crippen molar-refractivity contribution in [3.63, 3.8) is 0 Å². The topological polar surface area (TPSA) is 295 Å². The van der Waals surface area contributed by atoms with Gasteiger partial charge in [-0.1, -0.05) is 36.4 Å². The molecule has 2 aromatic rings. The predicted molar refractivity (Wildman–Crippen MR) is 257 cm³/mol. The fourth-order valence-corrected chi connectivity index (χ4v) is 8.54. The number of rotatable bonds is 28. The third kappa shape index (κ3) is 22.0. The Morgan fingerprint density at radius 1 is 0.676 bits per heavy atom. The maximum absolute atomic E-state index is 13.9. The number of carbonyl (C=O) groups excluding carboxylic acids is 7. The minimum Gasteiger partial charge on any atom is -0.481 e. The van der Waals surface area contributed by atoms with Gasteiger partial charge in [-0.2, -0.15) is 0 Å². The lowest BCUT2D eigenvalue weighted by atomic mass is 9.81. The Balaban J connectivity index is 1.28. The fraction of sp³-hybridized carbons (Fsp3) is 0.604. The van der Waals surface area contributed by atoms with E-state index in [0.29, 0.717) is 116 Å². The van der Waals surface area contributed by atoms with Crippen LogP contribution in [0.4, 0.5) is 4.79 Å². The number of carboxylic acids is 2. The molecule has 1 saturated carbocycles. The maximum Gasteiger partial charge on any atom is 0.317 e. The van der Waals surface area contributed by atoms with Gasteiger partial charge in [-0.15, -0.1) is 0 Å². The average molecular weight is 998 g/mol. The van der Waals surface area contributed by atoms with Crippen LogP contribution in [0.25, 0.3) is 10.8 Å². The number of fused-ring (bicyclic) bond motifs is 1. The van der Waals surface area contributed by atoms with Crippen LogP contribution < -0.4 is 26.6 Å². The molecule has 1 saturated heterocycles. The number of carboxylic acid groups (broad SMARTS) is 2. The first-order valence-electron chi connectivity index (χ1n) is 24.2. The number of nitrogens with zero attached hydrogens (tertiary/aromatic N) is 4. The van der Waals surface area contributed by atoms with Crippen LogP contribution in [0.1, 0.15) is 76.3 Å². The van der Waals surface area contributed by atoms with E-state index < -0.39 is 42.2 Å². The summed E-state index contributed by atoms with van der Waals surface area (Å²) in [5, 5.41) is 34.5. The summed E-state index contributed by atoms with van der Waals surface area (Å²) in [5.74, 6) is -3.06. The number of aliphatic carboxylic acids is 2. The molecule has 0 aromatic heterocycles. The Morgan fingerprint density at radius 3 is 1.87 bits per heavy atom. The van der Waals surface area contributed by atoms with Crippen LogP contribution in [-0.2, 0) is 52.6 Å². The minimum absolute atomic E-state index is 0.0266. The van der Waals surface area contributed by atoms with Gasteiger partial charge in [0.2, 0.25) is 17.7 Å². The van der Waals surface area contributed by atoms with E-state index in [2.05, 4.69) is 26.6 Å². The molecular weight excluding hydrogens is 927 g/mol. The molecule has 23 heteroatoms. The summed E-state index contributed by atoms with van der Waals surface area (Å²) in [4.78, 5) is 117. The Labute approximate surface area is 413 Å². The summed E-state index contributed by atoms with van der Waals surface area (Å²) in [5.41, 5.74) is 0.611. The van der Waals surface area contributed by atoms with Crippen LogP contribution in [0.3, 0.4) is 0 Å². The third-order valence-corrected chi connectivity index (χ3v) is 12.6. The van der Waals surface area contributed by atoms with Crippen LogP contribution in [0.2, 0.25) is 0 Å². The lowest BCUT2D eigenvalue weighted by molar-refractivity contribution is -0.139. The van der Waals surface area contributed by atoms with E-state index in [9.17, 15) is 48.3 Å². The van der Waals surface area contributed by atoms with Crippen LogP contribution in [-0.4, -0.2) is 189 Å². The third-order valence-electron chi connectivity index (χ3n) is 12.6. The van der Waals surface area contributed by atoms with E-state index in [1.165, 1.54) is 0 Å². The summed E-state index contributed by atoms with van der Waals surface area (Å²) in [6, 6.07) is 11.3. The quantitative estimate of drug-likeness (QED) is 0.0269. The summed E-state index contributed by atoms with van der Waals surface area (Å²) in [6.45, 7) is 6.50. The molecule has 0 unspecified atom stereocenters. The molecule has 2 aliphatic rings. The van der Waals surface area contributed by atoms with Gasteiger partial charge < -0.3 is 51.0 Å². The van der Waals surface area contributed by atoms with E-state index >= 15 is 0 Å². The average Bonchev–Trinajstić information content (AvgIpc) is 3.35. The highest BCUT2D eigenvalue weighted by molar-refractivity contribution is 5.91. The Hall–Kier alpha value is -6.43. The van der Waals surface area contributed by atoms with Crippen molar-refractivity contribution in [1.29, 1.82) is 0 Å². The van der Waals surface area contributed by atoms with E-state index in [1.54, 1.807) is 11.8 Å². The first kappa shape index (κ1) is 57.2. The molecule has 5 amide bonds. The van der Waals surface area contributed by atoms with Gasteiger partial charge in [0.05, 0.1) is 13.1 Å². The van der Waals surface area contributed by atoms with Gasteiger partial charge in [0.1, 0.15) is 19.5 Å². The normalized spacial score (nSPS) is 18.9. The van der Waals surface area contributed by atoms with E-state index in [4.69, 9.17) is 19.3 Å². The molecule has 0 spiro atoms. The van der Waals surface area contributed by atoms with Crippen molar-refractivity contribution >= 4 is 65.9 Å². The zero-order chi connectivity index (χ0) is 51.4. The molecule has 3 atom stereocenters. The molecule has 71 heavy (non-hydrogen) atoms. The summed E-state index contributed by atoms with van der Waals surface area (Å²) >= 11 is 0. The number of benzene rings is 2. The Bertz CT molecular complexity index is 2040. The lowest BCUT2D eigenvalue weighted by Crippen LogP contribution is -2.49. The van der Waals surface area contributed by atoms with Crippen molar-refractivity contribution in [2.45, 2.75) is 83.0 Å². The molecule has 1 heterocycles. The van der Waals surface area contributed by atoms with Gasteiger partial charge in [-0.05, 0) is 80.2 Å².